The molecule has 1 N–H and O–H groups in total. The predicted molar refractivity (Wildman–Crippen MR) is 77.2 cm³/mol. The Morgan fingerprint density at radius 3 is 2.19 bits per heavy atom. The molecule has 5 nitrogen and oxygen atoms in total. The van der Waals surface area contributed by atoms with Crippen molar-refractivity contribution in [1.82, 2.24) is 4.90 Å². The first-order chi connectivity index (χ1) is 10.2. The molecule has 1 saturated carbocycles. The smallest absolute Gasteiger partial charge is 0.244 e. The number of nitrogens with zero attached hydrogens (tertiary/aromatic N) is 1. The monoisotopic (exact) mass is 286 g/mol. The zero-order valence-electron chi connectivity index (χ0n) is 11.7. The number of para-hydroxylation sites is 1. The van der Waals surface area contributed by atoms with Crippen molar-refractivity contribution >= 4 is 23.4 Å². The van der Waals surface area contributed by atoms with Gasteiger partial charge in [0.25, 0.3) is 0 Å². The summed E-state index contributed by atoms with van der Waals surface area (Å²) < 4.78 is 0. The number of fused-ring (bicyclic) bond motifs is 1. The van der Waals surface area contributed by atoms with Crippen LogP contribution in [0.2, 0.25) is 0 Å². The van der Waals surface area contributed by atoms with E-state index in [0.29, 0.717) is 5.69 Å². The molecule has 2 atom stereocenters. The Bertz CT molecular complexity index is 546. The topological polar surface area (TPSA) is 66.5 Å². The lowest BCUT2D eigenvalue weighted by molar-refractivity contribution is -0.142. The second-order valence-corrected chi connectivity index (χ2v) is 5.67. The Morgan fingerprint density at radius 1 is 1.05 bits per heavy atom. The minimum absolute atomic E-state index is 0.173. The Labute approximate surface area is 123 Å². The predicted octanol–water partition coefficient (Wildman–Crippen LogP) is 1.80. The molecule has 1 saturated heterocycles. The second kappa shape index (κ2) is 5.68. The average molecular weight is 286 g/mol. The highest BCUT2D eigenvalue weighted by Crippen LogP contribution is 2.37. The third kappa shape index (κ3) is 2.68. The van der Waals surface area contributed by atoms with Crippen molar-refractivity contribution in [2.24, 2.45) is 11.8 Å². The van der Waals surface area contributed by atoms with Gasteiger partial charge in [-0.15, -0.1) is 0 Å². The molecule has 0 radical (unpaired) electrons. The maximum atomic E-state index is 12.3. The molecule has 21 heavy (non-hydrogen) atoms. The van der Waals surface area contributed by atoms with E-state index in [1.165, 1.54) is 0 Å². The van der Waals surface area contributed by atoms with Gasteiger partial charge in [-0.05, 0) is 25.0 Å². The van der Waals surface area contributed by atoms with Gasteiger partial charge in [0, 0.05) is 5.69 Å². The lowest BCUT2D eigenvalue weighted by Gasteiger charge is -2.19. The molecule has 0 bridgehead atoms. The first-order valence-corrected chi connectivity index (χ1v) is 7.37. The molecule has 110 valence electrons. The minimum Gasteiger partial charge on any atom is -0.325 e. The molecule has 0 spiro atoms. The number of anilines is 1. The zero-order valence-corrected chi connectivity index (χ0v) is 11.7. The number of imide groups is 1. The van der Waals surface area contributed by atoms with E-state index < -0.39 is 0 Å². The molecule has 3 amide bonds. The maximum absolute atomic E-state index is 12.3. The standard InChI is InChI=1S/C16H18N2O3/c19-14(17-11-6-2-1-3-7-11)10-18-15(20)12-8-4-5-9-13(12)16(18)21/h1-3,6-7,12-13H,4-5,8-10H2,(H,17,19)/t12-,13-/m1/s1. The fraction of sp³-hybridized carbons (Fsp3) is 0.438. The van der Waals surface area contributed by atoms with Crippen LogP contribution in [0.4, 0.5) is 5.69 Å². The maximum Gasteiger partial charge on any atom is 0.244 e. The Kier molecular flexibility index (Phi) is 3.73. The van der Waals surface area contributed by atoms with Crippen LogP contribution in [-0.4, -0.2) is 29.2 Å². The normalized spacial score (nSPS) is 24.9. The number of nitrogens with one attached hydrogen (secondary N) is 1. The van der Waals surface area contributed by atoms with Crippen LogP contribution >= 0.6 is 0 Å². The number of carbonyl (C=O) groups is 3. The van der Waals surface area contributed by atoms with Gasteiger partial charge in [0.05, 0.1) is 11.8 Å². The lowest BCUT2D eigenvalue weighted by Crippen LogP contribution is -2.38. The van der Waals surface area contributed by atoms with Gasteiger partial charge in [-0.1, -0.05) is 31.0 Å². The summed E-state index contributed by atoms with van der Waals surface area (Å²) in [6, 6.07) is 9.02. The van der Waals surface area contributed by atoms with Crippen LogP contribution in [-0.2, 0) is 14.4 Å². The molecule has 3 rings (SSSR count). The Balaban J connectivity index is 1.66. The van der Waals surface area contributed by atoms with E-state index in [-0.39, 0.29) is 36.1 Å². The van der Waals surface area contributed by atoms with E-state index in [1.807, 2.05) is 18.2 Å². The van der Waals surface area contributed by atoms with Crippen molar-refractivity contribution in [3.63, 3.8) is 0 Å². The molecule has 5 heteroatoms. The van der Waals surface area contributed by atoms with Crippen molar-refractivity contribution in [3.8, 4) is 0 Å². The van der Waals surface area contributed by atoms with Crippen molar-refractivity contribution in [3.05, 3.63) is 30.3 Å². The van der Waals surface area contributed by atoms with Crippen molar-refractivity contribution < 1.29 is 14.4 Å². The van der Waals surface area contributed by atoms with E-state index in [9.17, 15) is 14.4 Å². The number of hydrogen-bond acceptors (Lipinski definition) is 3. The van der Waals surface area contributed by atoms with Gasteiger partial charge in [-0.25, -0.2) is 0 Å². The fourth-order valence-corrected chi connectivity index (χ4v) is 3.25. The van der Waals surface area contributed by atoms with Gasteiger partial charge in [0.2, 0.25) is 17.7 Å². The highest BCUT2D eigenvalue weighted by Gasteiger charge is 2.48. The van der Waals surface area contributed by atoms with Gasteiger partial charge >= 0.3 is 0 Å². The summed E-state index contributed by atoms with van der Waals surface area (Å²) in [6.07, 6.45) is 3.52. The summed E-state index contributed by atoms with van der Waals surface area (Å²) in [4.78, 5) is 37.7. The summed E-state index contributed by atoms with van der Waals surface area (Å²) in [5.74, 6) is -1.08. The van der Waals surface area contributed by atoms with Crippen LogP contribution in [0.3, 0.4) is 0 Å². The van der Waals surface area contributed by atoms with E-state index in [1.54, 1.807) is 12.1 Å². The summed E-state index contributed by atoms with van der Waals surface area (Å²) in [5.41, 5.74) is 0.666. The second-order valence-electron chi connectivity index (χ2n) is 5.67. The third-order valence-corrected chi connectivity index (χ3v) is 4.29. The summed E-state index contributed by atoms with van der Waals surface area (Å²) in [6.45, 7) is -0.181. The molecule has 1 aromatic rings. The van der Waals surface area contributed by atoms with E-state index >= 15 is 0 Å². The molecule has 1 aliphatic heterocycles. The molecule has 1 aromatic carbocycles. The molecule has 0 aromatic heterocycles. The van der Waals surface area contributed by atoms with Gasteiger partial charge in [0.1, 0.15) is 6.54 Å². The molecule has 1 aliphatic carbocycles. The number of likely N-dealkylation sites (tertiary alicyclic amines) is 1. The molecule has 2 aliphatic rings. The van der Waals surface area contributed by atoms with Crippen LogP contribution in [0, 0.1) is 11.8 Å². The van der Waals surface area contributed by atoms with Gasteiger partial charge in [0.15, 0.2) is 0 Å². The number of hydrogen-bond donors (Lipinski definition) is 1. The fourth-order valence-electron chi connectivity index (χ4n) is 3.25. The number of amides is 3. The molecule has 2 fully saturated rings. The van der Waals surface area contributed by atoms with Crippen LogP contribution in [0.25, 0.3) is 0 Å². The van der Waals surface area contributed by atoms with Crippen LogP contribution in [0.1, 0.15) is 25.7 Å². The molecule has 0 unspecified atom stereocenters. The lowest BCUT2D eigenvalue weighted by atomic mass is 9.81. The van der Waals surface area contributed by atoms with Gasteiger partial charge in [-0.2, -0.15) is 0 Å². The first kappa shape index (κ1) is 13.8. The highest BCUT2D eigenvalue weighted by molar-refractivity contribution is 6.08. The van der Waals surface area contributed by atoms with E-state index in [4.69, 9.17) is 0 Å². The molecular formula is C16H18N2O3. The van der Waals surface area contributed by atoms with E-state index in [2.05, 4.69) is 5.32 Å². The SMILES string of the molecule is O=C(CN1C(=O)[C@@H]2CCCC[C@H]2C1=O)Nc1ccccc1. The average Bonchev–Trinajstić information content (AvgIpc) is 2.74. The summed E-state index contributed by atoms with van der Waals surface area (Å²) in [5, 5.41) is 2.71. The van der Waals surface area contributed by atoms with Crippen molar-refractivity contribution in [2.75, 3.05) is 11.9 Å². The third-order valence-electron chi connectivity index (χ3n) is 4.29. The zero-order chi connectivity index (χ0) is 14.8. The summed E-state index contributed by atoms with van der Waals surface area (Å²) in [7, 11) is 0. The molecule has 1 heterocycles. The molecular weight excluding hydrogens is 268 g/mol. The van der Waals surface area contributed by atoms with Crippen molar-refractivity contribution in [2.45, 2.75) is 25.7 Å². The summed E-state index contributed by atoms with van der Waals surface area (Å²) >= 11 is 0. The van der Waals surface area contributed by atoms with Crippen LogP contribution < -0.4 is 5.32 Å². The quantitative estimate of drug-likeness (QED) is 0.862. The number of benzene rings is 1. The Hall–Kier alpha value is -2.17. The van der Waals surface area contributed by atoms with Crippen LogP contribution in [0.15, 0.2) is 30.3 Å². The Morgan fingerprint density at radius 2 is 1.62 bits per heavy atom. The van der Waals surface area contributed by atoms with Gasteiger partial charge in [-0.3, -0.25) is 19.3 Å². The number of carbonyl (C=O) groups excluding carboxylic acids is 3. The van der Waals surface area contributed by atoms with Crippen molar-refractivity contribution in [1.29, 1.82) is 0 Å². The first-order valence-electron chi connectivity index (χ1n) is 7.37. The highest BCUT2D eigenvalue weighted by atomic mass is 16.2. The van der Waals surface area contributed by atoms with Gasteiger partial charge < -0.3 is 5.32 Å². The number of rotatable bonds is 3. The minimum atomic E-state index is -0.332. The largest absolute Gasteiger partial charge is 0.325 e. The van der Waals surface area contributed by atoms with E-state index in [0.717, 1.165) is 30.6 Å². The van der Waals surface area contributed by atoms with Crippen LogP contribution in [0.5, 0.6) is 0 Å².